The van der Waals surface area contributed by atoms with Crippen molar-refractivity contribution in [3.8, 4) is 5.75 Å². The van der Waals surface area contributed by atoms with Crippen molar-refractivity contribution in [1.29, 1.82) is 0 Å². The third-order valence-electron chi connectivity index (χ3n) is 4.39. The smallest absolute Gasteiger partial charge is 0.119 e. The van der Waals surface area contributed by atoms with Crippen LogP contribution in [0.25, 0.3) is 0 Å². The first-order chi connectivity index (χ1) is 11.7. The van der Waals surface area contributed by atoms with Crippen LogP contribution in [0, 0.1) is 6.92 Å². The third-order valence-corrected chi connectivity index (χ3v) is 4.39. The van der Waals surface area contributed by atoms with Gasteiger partial charge in [-0.15, -0.1) is 24.8 Å². The highest BCUT2D eigenvalue weighted by Gasteiger charge is 2.19. The Morgan fingerprint density at radius 1 is 0.962 bits per heavy atom. The van der Waals surface area contributed by atoms with E-state index in [4.69, 9.17) is 4.74 Å². The van der Waals surface area contributed by atoms with Gasteiger partial charge in [0.05, 0.1) is 0 Å². The van der Waals surface area contributed by atoms with Gasteiger partial charge in [-0.2, -0.15) is 0 Å². The van der Waals surface area contributed by atoms with E-state index >= 15 is 0 Å². The first-order valence-corrected chi connectivity index (χ1v) is 8.60. The Kier molecular flexibility index (Phi) is 9.81. The van der Waals surface area contributed by atoms with Gasteiger partial charge in [0.1, 0.15) is 18.5 Å². The predicted molar refractivity (Wildman–Crippen MR) is 112 cm³/mol. The van der Waals surface area contributed by atoms with Crippen LogP contribution in [-0.4, -0.2) is 55.4 Å². The number of aryl methyl sites for hydroxylation is 1. The number of aliphatic hydroxyl groups is 1. The number of benzene rings is 2. The molecule has 1 atom stereocenters. The maximum absolute atomic E-state index is 10.2. The number of piperazine rings is 1. The van der Waals surface area contributed by atoms with E-state index in [0.717, 1.165) is 31.9 Å². The number of hydrogen-bond donors (Lipinski definition) is 1. The maximum atomic E-state index is 10.2. The van der Waals surface area contributed by atoms with E-state index in [0.29, 0.717) is 13.2 Å². The molecule has 6 heteroatoms. The van der Waals surface area contributed by atoms with Crippen LogP contribution in [0.1, 0.15) is 5.56 Å². The summed E-state index contributed by atoms with van der Waals surface area (Å²) < 4.78 is 5.69. The molecule has 0 aliphatic carbocycles. The summed E-state index contributed by atoms with van der Waals surface area (Å²) in [5.74, 6) is 0.822. The fourth-order valence-electron chi connectivity index (χ4n) is 3.08. The lowest BCUT2D eigenvalue weighted by Gasteiger charge is -2.36. The Bertz CT molecular complexity index is 635. The minimum atomic E-state index is -0.464. The molecular weight excluding hydrogens is 371 g/mol. The molecule has 0 amide bonds. The van der Waals surface area contributed by atoms with Crippen LogP contribution in [0.2, 0.25) is 0 Å². The van der Waals surface area contributed by atoms with Crippen molar-refractivity contribution >= 4 is 30.5 Å². The molecule has 1 N–H and O–H groups in total. The Labute approximate surface area is 168 Å². The number of halogens is 2. The van der Waals surface area contributed by atoms with E-state index in [9.17, 15) is 5.11 Å². The van der Waals surface area contributed by atoms with Gasteiger partial charge in [-0.05, 0) is 36.8 Å². The molecule has 2 aromatic rings. The normalized spacial score (nSPS) is 15.5. The summed E-state index contributed by atoms with van der Waals surface area (Å²) in [4.78, 5) is 4.70. The molecule has 0 aromatic heterocycles. The Morgan fingerprint density at radius 3 is 2.31 bits per heavy atom. The first kappa shape index (κ1) is 22.6. The number of rotatable bonds is 6. The predicted octanol–water partition coefficient (Wildman–Crippen LogP) is 3.40. The topological polar surface area (TPSA) is 35.9 Å². The van der Waals surface area contributed by atoms with Crippen LogP contribution >= 0.6 is 24.8 Å². The van der Waals surface area contributed by atoms with Crippen LogP contribution in [-0.2, 0) is 0 Å². The van der Waals surface area contributed by atoms with E-state index in [1.807, 2.05) is 37.3 Å². The van der Waals surface area contributed by atoms with E-state index in [1.165, 1.54) is 11.3 Å². The molecule has 1 unspecified atom stereocenters. The molecule has 4 nitrogen and oxygen atoms in total. The molecule has 1 aliphatic rings. The van der Waals surface area contributed by atoms with Gasteiger partial charge in [0.25, 0.3) is 0 Å². The Morgan fingerprint density at radius 2 is 1.65 bits per heavy atom. The second-order valence-corrected chi connectivity index (χ2v) is 6.40. The number of hydrogen-bond acceptors (Lipinski definition) is 4. The third kappa shape index (κ3) is 6.69. The lowest BCUT2D eigenvalue weighted by molar-refractivity contribution is 0.0663. The van der Waals surface area contributed by atoms with Crippen molar-refractivity contribution in [2.45, 2.75) is 13.0 Å². The summed E-state index contributed by atoms with van der Waals surface area (Å²) in [7, 11) is 0. The van der Waals surface area contributed by atoms with Crippen molar-refractivity contribution in [2.24, 2.45) is 0 Å². The fourth-order valence-corrected chi connectivity index (χ4v) is 3.08. The first-order valence-electron chi connectivity index (χ1n) is 8.60. The van der Waals surface area contributed by atoms with Crippen molar-refractivity contribution in [3.63, 3.8) is 0 Å². The van der Waals surface area contributed by atoms with E-state index in [2.05, 4.69) is 34.1 Å². The summed E-state index contributed by atoms with van der Waals surface area (Å²) in [6.45, 7) is 6.96. The molecule has 0 bridgehead atoms. The molecule has 2 aromatic carbocycles. The van der Waals surface area contributed by atoms with Gasteiger partial charge in [0, 0.05) is 38.4 Å². The van der Waals surface area contributed by atoms with E-state index in [1.54, 1.807) is 0 Å². The Hall–Kier alpha value is -1.46. The maximum Gasteiger partial charge on any atom is 0.119 e. The average molecular weight is 399 g/mol. The van der Waals surface area contributed by atoms with E-state index < -0.39 is 6.10 Å². The molecule has 0 saturated carbocycles. The highest BCUT2D eigenvalue weighted by molar-refractivity contribution is 5.85. The molecule has 0 spiro atoms. The summed E-state index contributed by atoms with van der Waals surface area (Å²) in [5, 5.41) is 10.2. The van der Waals surface area contributed by atoms with Gasteiger partial charge >= 0.3 is 0 Å². The quantitative estimate of drug-likeness (QED) is 0.808. The minimum absolute atomic E-state index is 0. The van der Waals surface area contributed by atoms with Crippen molar-refractivity contribution < 1.29 is 9.84 Å². The van der Waals surface area contributed by atoms with Gasteiger partial charge in [0.15, 0.2) is 0 Å². The number of anilines is 1. The highest BCUT2D eigenvalue weighted by Crippen LogP contribution is 2.16. The molecular formula is C20H28Cl2N2O2. The number of nitrogens with zero attached hydrogens (tertiary/aromatic N) is 2. The van der Waals surface area contributed by atoms with Gasteiger partial charge in [0.2, 0.25) is 0 Å². The number of β-amino-alcohol motifs (C(OH)–C–C–N with tert-alkyl or cyclic N) is 1. The second-order valence-electron chi connectivity index (χ2n) is 6.40. The Balaban J connectivity index is 0.00000169. The van der Waals surface area contributed by atoms with Crippen molar-refractivity contribution in [2.75, 3.05) is 44.2 Å². The zero-order chi connectivity index (χ0) is 16.8. The van der Waals surface area contributed by atoms with Crippen molar-refractivity contribution in [1.82, 2.24) is 4.90 Å². The van der Waals surface area contributed by atoms with Gasteiger partial charge in [-0.1, -0.05) is 30.3 Å². The zero-order valence-corrected chi connectivity index (χ0v) is 16.7. The summed E-state index contributed by atoms with van der Waals surface area (Å²) >= 11 is 0. The molecule has 1 fully saturated rings. The monoisotopic (exact) mass is 398 g/mol. The molecule has 0 radical (unpaired) electrons. The van der Waals surface area contributed by atoms with Gasteiger partial charge in [-0.25, -0.2) is 0 Å². The van der Waals surface area contributed by atoms with Crippen LogP contribution in [0.4, 0.5) is 5.69 Å². The summed E-state index contributed by atoms with van der Waals surface area (Å²) in [5.41, 5.74) is 2.44. The van der Waals surface area contributed by atoms with Gasteiger partial charge in [-0.3, -0.25) is 4.90 Å². The minimum Gasteiger partial charge on any atom is -0.491 e. The molecule has 1 saturated heterocycles. The van der Waals surface area contributed by atoms with Crippen LogP contribution < -0.4 is 9.64 Å². The lowest BCUT2D eigenvalue weighted by atomic mass is 10.2. The standard InChI is InChI=1S/C20H26N2O2.2ClH/c1-17-6-5-9-20(14-17)24-16-19(23)15-21-10-12-22(13-11-21)18-7-3-2-4-8-18;;/h2-9,14,19,23H,10-13,15-16H2,1H3;2*1H. The molecule has 1 heterocycles. The van der Waals surface area contributed by atoms with Crippen molar-refractivity contribution in [3.05, 3.63) is 60.2 Å². The van der Waals surface area contributed by atoms with Gasteiger partial charge < -0.3 is 14.7 Å². The number of aliphatic hydroxyl groups excluding tert-OH is 1. The molecule has 1 aliphatic heterocycles. The van der Waals surface area contributed by atoms with E-state index in [-0.39, 0.29) is 24.8 Å². The summed E-state index contributed by atoms with van der Waals surface area (Å²) in [6.07, 6.45) is -0.464. The zero-order valence-electron chi connectivity index (χ0n) is 15.1. The largest absolute Gasteiger partial charge is 0.491 e. The lowest BCUT2D eigenvalue weighted by Crippen LogP contribution is -2.49. The van der Waals surface area contributed by atoms with Crippen LogP contribution in [0.15, 0.2) is 54.6 Å². The molecule has 26 heavy (non-hydrogen) atoms. The highest BCUT2D eigenvalue weighted by atomic mass is 35.5. The van der Waals surface area contributed by atoms with Crippen LogP contribution in [0.3, 0.4) is 0 Å². The molecule has 144 valence electrons. The number of para-hydroxylation sites is 1. The fraction of sp³-hybridized carbons (Fsp3) is 0.400. The summed E-state index contributed by atoms with van der Waals surface area (Å²) in [6, 6.07) is 18.4. The SMILES string of the molecule is Cc1cccc(OCC(O)CN2CCN(c3ccccc3)CC2)c1.Cl.Cl. The average Bonchev–Trinajstić information content (AvgIpc) is 2.61. The second kappa shape index (κ2) is 11.3. The van der Waals surface area contributed by atoms with Crippen LogP contribution in [0.5, 0.6) is 5.75 Å². The number of ether oxygens (including phenoxy) is 1. The molecule has 3 rings (SSSR count).